The summed E-state index contributed by atoms with van der Waals surface area (Å²) < 4.78 is 0. The number of rotatable bonds is 5. The lowest BCUT2D eigenvalue weighted by atomic mass is 9.89. The quantitative estimate of drug-likeness (QED) is 0.247. The molecule has 0 amide bonds. The zero-order valence-electron chi connectivity index (χ0n) is 15.5. The number of aliphatic hydroxyl groups excluding tert-OH is 1. The summed E-state index contributed by atoms with van der Waals surface area (Å²) in [4.78, 5) is 0.755. The van der Waals surface area contributed by atoms with Crippen LogP contribution < -0.4 is 5.73 Å². The van der Waals surface area contributed by atoms with Gasteiger partial charge in [-0.05, 0) is 41.3 Å². The van der Waals surface area contributed by atoms with Crippen LogP contribution in [0.5, 0.6) is 0 Å². The van der Waals surface area contributed by atoms with Gasteiger partial charge in [0.1, 0.15) is 12.0 Å². The van der Waals surface area contributed by atoms with Crippen LogP contribution in [-0.2, 0) is 0 Å². The third-order valence-electron chi connectivity index (χ3n) is 4.67. The van der Waals surface area contributed by atoms with E-state index in [-0.39, 0.29) is 5.04 Å². The molecule has 3 rings (SSSR count). The number of benzene rings is 3. The highest BCUT2D eigenvalue weighted by molar-refractivity contribution is 8.14. The number of nitrogen functional groups attached to an aromatic ring is 1. The van der Waals surface area contributed by atoms with Crippen molar-refractivity contribution < 1.29 is 5.11 Å². The Morgan fingerprint density at radius 1 is 1.00 bits per heavy atom. The van der Waals surface area contributed by atoms with Gasteiger partial charge in [-0.15, -0.1) is 0 Å². The van der Waals surface area contributed by atoms with Gasteiger partial charge >= 0.3 is 0 Å². The van der Waals surface area contributed by atoms with Gasteiger partial charge in [0.15, 0.2) is 0 Å². The van der Waals surface area contributed by atoms with Crippen LogP contribution in [0.4, 0.5) is 5.69 Å². The van der Waals surface area contributed by atoms with E-state index in [1.165, 1.54) is 11.8 Å². The van der Waals surface area contributed by atoms with Crippen molar-refractivity contribution in [3.05, 3.63) is 95.1 Å². The van der Waals surface area contributed by atoms with Gasteiger partial charge < -0.3 is 10.8 Å². The topological polar surface area (TPSA) is 93.9 Å². The van der Waals surface area contributed by atoms with Crippen LogP contribution in [0.25, 0.3) is 0 Å². The number of nitrogens with zero attached hydrogens (tertiary/aromatic N) is 1. The molecule has 2 atom stereocenters. The number of aliphatic hydroxyl groups is 1. The second-order valence-corrected chi connectivity index (χ2v) is 7.52. The average molecular weight is 388 g/mol. The first-order chi connectivity index (χ1) is 13.5. The van der Waals surface area contributed by atoms with Crippen LogP contribution in [-0.4, -0.2) is 10.2 Å². The van der Waals surface area contributed by atoms with Crippen molar-refractivity contribution >= 4 is 22.5 Å². The number of nitrogens with one attached hydrogen (secondary N) is 1. The lowest BCUT2D eigenvalue weighted by Crippen LogP contribution is -2.11. The molecule has 0 spiro atoms. The minimum Gasteiger partial charge on any atom is -0.398 e. The largest absolute Gasteiger partial charge is 0.398 e. The standard InChI is InChI=1S/C23H21N3OS/c1-15-17(10-7-11-18(15)22(27)16-8-3-2-4-9-16)19(14-24)23(26)28-21-13-6-5-12-20(21)25/h2-13,19,22,26-27H,25H2,1H3. The summed E-state index contributed by atoms with van der Waals surface area (Å²) >= 11 is 1.19. The van der Waals surface area contributed by atoms with E-state index in [0.717, 1.165) is 27.1 Å². The molecule has 3 aromatic rings. The molecule has 0 aliphatic rings. The molecular formula is C23H21N3OS. The number of thioether (sulfide) groups is 1. The Labute approximate surface area is 169 Å². The molecule has 28 heavy (non-hydrogen) atoms. The minimum atomic E-state index is -0.785. The highest BCUT2D eigenvalue weighted by Gasteiger charge is 2.23. The van der Waals surface area contributed by atoms with Crippen LogP contribution in [0.3, 0.4) is 0 Å². The summed E-state index contributed by atoms with van der Waals surface area (Å²) in [6.07, 6.45) is -0.785. The molecule has 0 radical (unpaired) electrons. The summed E-state index contributed by atoms with van der Waals surface area (Å²) in [7, 11) is 0. The fourth-order valence-electron chi connectivity index (χ4n) is 3.12. The van der Waals surface area contributed by atoms with Gasteiger partial charge in [-0.2, -0.15) is 5.26 Å². The molecular weight excluding hydrogens is 366 g/mol. The van der Waals surface area contributed by atoms with Gasteiger partial charge in [0.2, 0.25) is 0 Å². The predicted molar refractivity (Wildman–Crippen MR) is 114 cm³/mol. The van der Waals surface area contributed by atoms with Gasteiger partial charge in [-0.25, -0.2) is 0 Å². The molecule has 2 unspecified atom stereocenters. The first kappa shape index (κ1) is 19.7. The van der Waals surface area contributed by atoms with Crippen molar-refractivity contribution in [3.8, 4) is 6.07 Å². The van der Waals surface area contributed by atoms with E-state index in [0.29, 0.717) is 5.69 Å². The normalized spacial score (nSPS) is 12.8. The molecule has 0 fully saturated rings. The number of nitriles is 1. The lowest BCUT2D eigenvalue weighted by Gasteiger charge is -2.20. The SMILES string of the molecule is Cc1c(C(C#N)C(=N)Sc2ccccc2N)cccc1C(O)c1ccccc1. The van der Waals surface area contributed by atoms with Gasteiger partial charge in [0, 0.05) is 10.6 Å². The zero-order chi connectivity index (χ0) is 20.1. The second-order valence-electron chi connectivity index (χ2n) is 6.44. The van der Waals surface area contributed by atoms with Crippen LogP contribution in [0.15, 0.2) is 77.7 Å². The molecule has 0 aromatic heterocycles. The molecule has 3 aromatic carbocycles. The summed E-state index contributed by atoms with van der Waals surface area (Å²) in [5, 5.41) is 29.3. The summed E-state index contributed by atoms with van der Waals surface area (Å²) in [5.41, 5.74) is 9.62. The summed E-state index contributed by atoms with van der Waals surface area (Å²) in [6, 6.07) is 24.5. The maximum absolute atomic E-state index is 10.8. The van der Waals surface area contributed by atoms with E-state index >= 15 is 0 Å². The monoisotopic (exact) mass is 387 g/mol. The molecule has 0 aliphatic carbocycles. The Kier molecular flexibility index (Phi) is 6.15. The van der Waals surface area contributed by atoms with Crippen molar-refractivity contribution in [1.82, 2.24) is 0 Å². The molecule has 4 N–H and O–H groups in total. The van der Waals surface area contributed by atoms with E-state index in [4.69, 9.17) is 11.1 Å². The molecule has 140 valence electrons. The lowest BCUT2D eigenvalue weighted by molar-refractivity contribution is 0.219. The highest BCUT2D eigenvalue weighted by atomic mass is 32.2. The molecule has 0 saturated heterocycles. The smallest absolute Gasteiger partial charge is 0.119 e. The number of nitrogens with two attached hydrogens (primary N) is 1. The number of anilines is 1. The third kappa shape index (κ3) is 4.09. The van der Waals surface area contributed by atoms with E-state index in [2.05, 4.69) is 6.07 Å². The zero-order valence-corrected chi connectivity index (χ0v) is 16.3. The van der Waals surface area contributed by atoms with Gasteiger partial charge in [-0.3, -0.25) is 5.41 Å². The van der Waals surface area contributed by atoms with Crippen molar-refractivity contribution in [2.45, 2.75) is 23.8 Å². The molecule has 4 nitrogen and oxygen atoms in total. The first-order valence-corrected chi connectivity index (χ1v) is 9.67. The Balaban J connectivity index is 1.92. The predicted octanol–water partition coefficient (Wildman–Crippen LogP) is 5.04. The van der Waals surface area contributed by atoms with Crippen molar-refractivity contribution in [2.75, 3.05) is 5.73 Å². The molecule has 0 saturated carbocycles. The van der Waals surface area contributed by atoms with Crippen LogP contribution >= 0.6 is 11.8 Å². The fourth-order valence-corrected chi connectivity index (χ4v) is 3.98. The summed E-state index contributed by atoms with van der Waals surface area (Å²) in [5.74, 6) is -0.729. The maximum atomic E-state index is 10.8. The maximum Gasteiger partial charge on any atom is 0.119 e. The van der Waals surface area contributed by atoms with Crippen molar-refractivity contribution in [2.24, 2.45) is 0 Å². The second kappa shape index (κ2) is 8.75. The van der Waals surface area contributed by atoms with Gasteiger partial charge in [0.05, 0.1) is 11.1 Å². The molecule has 0 aliphatic heterocycles. The Morgan fingerprint density at radius 2 is 1.64 bits per heavy atom. The number of hydrogen-bond donors (Lipinski definition) is 3. The number of para-hydroxylation sites is 1. The number of hydrogen-bond acceptors (Lipinski definition) is 5. The fraction of sp³-hybridized carbons (Fsp3) is 0.130. The Hall–Kier alpha value is -3.07. The highest BCUT2D eigenvalue weighted by Crippen LogP contribution is 2.35. The van der Waals surface area contributed by atoms with Crippen LogP contribution in [0, 0.1) is 23.7 Å². The Bertz CT molecular complexity index is 1030. The van der Waals surface area contributed by atoms with E-state index in [9.17, 15) is 10.4 Å². The van der Waals surface area contributed by atoms with Crippen LogP contribution in [0.2, 0.25) is 0 Å². The average Bonchev–Trinajstić information content (AvgIpc) is 2.71. The first-order valence-electron chi connectivity index (χ1n) is 8.85. The van der Waals surface area contributed by atoms with Crippen molar-refractivity contribution in [1.29, 1.82) is 10.7 Å². The summed E-state index contributed by atoms with van der Waals surface area (Å²) in [6.45, 7) is 1.88. The van der Waals surface area contributed by atoms with E-state index < -0.39 is 12.0 Å². The minimum absolute atomic E-state index is 0.204. The Morgan fingerprint density at radius 3 is 2.32 bits per heavy atom. The molecule has 5 heteroatoms. The molecule has 0 bridgehead atoms. The molecule has 0 heterocycles. The van der Waals surface area contributed by atoms with Gasteiger partial charge in [0.25, 0.3) is 0 Å². The van der Waals surface area contributed by atoms with Gasteiger partial charge in [-0.1, -0.05) is 72.4 Å². The van der Waals surface area contributed by atoms with Crippen molar-refractivity contribution in [3.63, 3.8) is 0 Å². The third-order valence-corrected chi connectivity index (χ3v) is 5.72. The van der Waals surface area contributed by atoms with E-state index in [1.807, 2.05) is 73.7 Å². The van der Waals surface area contributed by atoms with Crippen LogP contribution in [0.1, 0.15) is 34.3 Å². The van der Waals surface area contributed by atoms with E-state index in [1.54, 1.807) is 6.07 Å².